The molecule has 96 valence electrons. The van der Waals surface area contributed by atoms with Crippen molar-refractivity contribution in [3.8, 4) is 0 Å². The number of aryl methyl sites for hydroxylation is 2. The van der Waals surface area contributed by atoms with E-state index in [9.17, 15) is 4.79 Å². The Hall–Kier alpha value is -1.07. The lowest BCUT2D eigenvalue weighted by atomic mass is 10.2. The molecule has 0 unspecified atom stereocenters. The van der Waals surface area contributed by atoms with Crippen LogP contribution in [0.4, 0.5) is 0 Å². The molecule has 0 bridgehead atoms. The molecular formula is C11H19ClN4O. The Morgan fingerprint density at radius 2 is 2.18 bits per heavy atom. The highest BCUT2D eigenvalue weighted by Crippen LogP contribution is 2.17. The third-order valence-electron chi connectivity index (χ3n) is 2.59. The van der Waals surface area contributed by atoms with Crippen LogP contribution in [0.2, 0.25) is 5.15 Å². The first-order chi connectivity index (χ1) is 7.93. The molecule has 0 aliphatic heterocycles. The molecule has 1 amide bonds. The van der Waals surface area contributed by atoms with Crippen molar-refractivity contribution in [3.05, 3.63) is 16.4 Å². The Bertz CT molecular complexity index is 400. The van der Waals surface area contributed by atoms with E-state index in [-0.39, 0.29) is 5.91 Å². The maximum atomic E-state index is 11.3. The molecule has 1 N–H and O–H groups in total. The SMILES string of the molecule is Cc1nn(C)c(Cl)c1CNCCC(=O)N(C)C. The van der Waals surface area contributed by atoms with Gasteiger partial charge in [-0.25, -0.2) is 0 Å². The molecule has 17 heavy (non-hydrogen) atoms. The predicted molar refractivity (Wildman–Crippen MR) is 68.0 cm³/mol. The van der Waals surface area contributed by atoms with Gasteiger partial charge in [0.1, 0.15) is 5.15 Å². The average Bonchev–Trinajstić information content (AvgIpc) is 2.49. The summed E-state index contributed by atoms with van der Waals surface area (Å²) < 4.78 is 1.65. The highest BCUT2D eigenvalue weighted by atomic mass is 35.5. The molecule has 0 saturated heterocycles. The van der Waals surface area contributed by atoms with Gasteiger partial charge in [-0.1, -0.05) is 11.6 Å². The van der Waals surface area contributed by atoms with Crippen LogP contribution in [0.1, 0.15) is 17.7 Å². The number of nitrogens with zero attached hydrogens (tertiary/aromatic N) is 3. The lowest BCUT2D eigenvalue weighted by Crippen LogP contribution is -2.26. The van der Waals surface area contributed by atoms with E-state index < -0.39 is 0 Å². The summed E-state index contributed by atoms with van der Waals surface area (Å²) in [7, 11) is 5.32. The molecule has 5 nitrogen and oxygen atoms in total. The average molecular weight is 259 g/mol. The fourth-order valence-corrected chi connectivity index (χ4v) is 1.75. The molecular weight excluding hydrogens is 240 g/mol. The van der Waals surface area contributed by atoms with Crippen LogP contribution in [0.5, 0.6) is 0 Å². The van der Waals surface area contributed by atoms with Crippen LogP contribution in [0.25, 0.3) is 0 Å². The Morgan fingerprint density at radius 1 is 1.53 bits per heavy atom. The molecule has 0 aromatic carbocycles. The van der Waals surface area contributed by atoms with Crippen LogP contribution < -0.4 is 5.32 Å². The minimum Gasteiger partial charge on any atom is -0.349 e. The summed E-state index contributed by atoms with van der Waals surface area (Å²) in [4.78, 5) is 12.9. The summed E-state index contributed by atoms with van der Waals surface area (Å²) >= 11 is 6.09. The van der Waals surface area contributed by atoms with Gasteiger partial charge in [0.05, 0.1) is 5.69 Å². The molecule has 1 aromatic heterocycles. The van der Waals surface area contributed by atoms with E-state index in [1.807, 2.05) is 14.0 Å². The third kappa shape index (κ3) is 3.71. The number of nitrogens with one attached hydrogen (secondary N) is 1. The van der Waals surface area contributed by atoms with Gasteiger partial charge in [0.2, 0.25) is 5.91 Å². The monoisotopic (exact) mass is 258 g/mol. The fourth-order valence-electron chi connectivity index (χ4n) is 1.51. The fraction of sp³-hybridized carbons (Fsp3) is 0.636. The van der Waals surface area contributed by atoms with Gasteiger partial charge in [0.25, 0.3) is 0 Å². The van der Waals surface area contributed by atoms with Gasteiger partial charge in [-0.2, -0.15) is 5.10 Å². The zero-order chi connectivity index (χ0) is 13.0. The molecule has 0 saturated carbocycles. The summed E-state index contributed by atoms with van der Waals surface area (Å²) in [5.74, 6) is 0.117. The van der Waals surface area contributed by atoms with E-state index in [0.717, 1.165) is 11.3 Å². The quantitative estimate of drug-likeness (QED) is 0.800. The molecule has 1 aromatic rings. The number of hydrogen-bond acceptors (Lipinski definition) is 3. The van der Waals surface area contributed by atoms with E-state index in [0.29, 0.717) is 24.7 Å². The van der Waals surface area contributed by atoms with Crippen molar-refractivity contribution >= 4 is 17.5 Å². The molecule has 0 aliphatic carbocycles. The van der Waals surface area contributed by atoms with Crippen molar-refractivity contribution in [1.29, 1.82) is 0 Å². The maximum Gasteiger partial charge on any atom is 0.223 e. The Labute approximate surface area is 107 Å². The third-order valence-corrected chi connectivity index (χ3v) is 3.06. The Morgan fingerprint density at radius 3 is 2.65 bits per heavy atom. The summed E-state index contributed by atoms with van der Waals surface area (Å²) in [6.07, 6.45) is 0.490. The standard InChI is InChI=1S/C11H19ClN4O/c1-8-9(11(12)16(4)14-8)7-13-6-5-10(17)15(2)3/h13H,5-7H2,1-4H3. The van der Waals surface area contributed by atoms with Crippen LogP contribution in [-0.4, -0.2) is 41.2 Å². The first kappa shape index (κ1) is 14.0. The van der Waals surface area contributed by atoms with Gasteiger partial charge in [0, 0.05) is 46.2 Å². The highest BCUT2D eigenvalue weighted by Gasteiger charge is 2.10. The first-order valence-corrected chi connectivity index (χ1v) is 5.90. The largest absolute Gasteiger partial charge is 0.349 e. The van der Waals surface area contributed by atoms with E-state index in [1.165, 1.54) is 0 Å². The second-order valence-electron chi connectivity index (χ2n) is 4.19. The molecule has 0 aliphatic rings. The number of aromatic nitrogens is 2. The van der Waals surface area contributed by atoms with Gasteiger partial charge in [-0.05, 0) is 6.92 Å². The number of hydrogen-bond donors (Lipinski definition) is 1. The Balaban J connectivity index is 2.39. The van der Waals surface area contributed by atoms with Gasteiger partial charge >= 0.3 is 0 Å². The molecule has 0 atom stereocenters. The van der Waals surface area contributed by atoms with Crippen molar-refractivity contribution < 1.29 is 4.79 Å². The van der Waals surface area contributed by atoms with Gasteiger partial charge in [-0.3, -0.25) is 9.48 Å². The van der Waals surface area contributed by atoms with Crippen LogP contribution in [0.3, 0.4) is 0 Å². The number of carbonyl (C=O) groups is 1. The normalized spacial score (nSPS) is 10.6. The van der Waals surface area contributed by atoms with E-state index in [4.69, 9.17) is 11.6 Å². The lowest BCUT2D eigenvalue weighted by molar-refractivity contribution is -0.128. The van der Waals surface area contributed by atoms with Crippen molar-refractivity contribution in [3.63, 3.8) is 0 Å². The summed E-state index contributed by atoms with van der Waals surface area (Å²) in [6, 6.07) is 0. The van der Waals surface area contributed by atoms with Gasteiger partial charge in [-0.15, -0.1) is 0 Å². The van der Waals surface area contributed by atoms with E-state index in [1.54, 1.807) is 23.7 Å². The number of halogens is 1. The molecule has 1 heterocycles. The highest BCUT2D eigenvalue weighted by molar-refractivity contribution is 6.30. The summed E-state index contributed by atoms with van der Waals surface area (Å²) in [6.45, 7) is 3.20. The topological polar surface area (TPSA) is 50.2 Å². The minimum absolute atomic E-state index is 0.117. The molecule has 0 fully saturated rings. The summed E-state index contributed by atoms with van der Waals surface area (Å²) in [5, 5.41) is 8.07. The van der Waals surface area contributed by atoms with E-state index >= 15 is 0 Å². The molecule has 0 spiro atoms. The van der Waals surface area contributed by atoms with E-state index in [2.05, 4.69) is 10.4 Å². The van der Waals surface area contributed by atoms with Gasteiger partial charge in [0.15, 0.2) is 0 Å². The lowest BCUT2D eigenvalue weighted by Gasteiger charge is -2.10. The second kappa shape index (κ2) is 6.02. The van der Waals surface area contributed by atoms with Crippen LogP contribution >= 0.6 is 11.6 Å². The van der Waals surface area contributed by atoms with Crippen molar-refractivity contribution in [2.24, 2.45) is 7.05 Å². The van der Waals surface area contributed by atoms with Gasteiger partial charge < -0.3 is 10.2 Å². The smallest absolute Gasteiger partial charge is 0.223 e. The number of carbonyl (C=O) groups excluding carboxylic acids is 1. The number of amides is 1. The van der Waals surface area contributed by atoms with Crippen molar-refractivity contribution in [2.75, 3.05) is 20.6 Å². The zero-order valence-corrected chi connectivity index (χ0v) is 11.5. The Kier molecular flexibility index (Phi) is 4.96. The molecule has 0 radical (unpaired) electrons. The van der Waals surface area contributed by atoms with Crippen LogP contribution in [0, 0.1) is 6.92 Å². The molecule has 1 rings (SSSR count). The van der Waals surface area contributed by atoms with Crippen molar-refractivity contribution in [2.45, 2.75) is 19.9 Å². The van der Waals surface area contributed by atoms with Crippen LogP contribution in [-0.2, 0) is 18.4 Å². The second-order valence-corrected chi connectivity index (χ2v) is 4.55. The van der Waals surface area contributed by atoms with Crippen LogP contribution in [0.15, 0.2) is 0 Å². The first-order valence-electron chi connectivity index (χ1n) is 5.52. The number of rotatable bonds is 5. The predicted octanol–water partition coefficient (Wildman–Crippen LogP) is 0.950. The molecule has 6 heteroatoms. The minimum atomic E-state index is 0.117. The maximum absolute atomic E-state index is 11.3. The van der Waals surface area contributed by atoms with Crippen molar-refractivity contribution in [1.82, 2.24) is 20.0 Å². The summed E-state index contributed by atoms with van der Waals surface area (Å²) in [5.41, 5.74) is 1.91. The zero-order valence-electron chi connectivity index (χ0n) is 10.7.